The van der Waals surface area contributed by atoms with E-state index >= 15 is 0 Å². The number of sulfonamides is 1. The summed E-state index contributed by atoms with van der Waals surface area (Å²) in [7, 11) is -11.0. The number of allylic oxidation sites excluding steroid dienone is 1. The van der Waals surface area contributed by atoms with Crippen LogP contribution in [-0.2, 0) is 31.2 Å². The molecule has 5 N–H and O–H groups in total. The third kappa shape index (κ3) is 24.8. The van der Waals surface area contributed by atoms with Crippen molar-refractivity contribution in [1.29, 1.82) is 0 Å². The number of likely N-dealkylation sites (tertiary alicyclic amines) is 1. The van der Waals surface area contributed by atoms with Gasteiger partial charge >= 0.3 is 5.51 Å². The second kappa shape index (κ2) is 39.7. The fraction of sp³-hybridized carbons (Fsp3) is 0.560. The summed E-state index contributed by atoms with van der Waals surface area (Å²) >= 11 is 9.34. The van der Waals surface area contributed by atoms with Crippen LogP contribution >= 0.6 is 34.7 Å². The van der Waals surface area contributed by atoms with Gasteiger partial charge in [-0.15, -0.1) is 23.1 Å². The Bertz CT molecular complexity index is 4150. The van der Waals surface area contributed by atoms with Crippen molar-refractivity contribution in [2.24, 2.45) is 10.8 Å². The van der Waals surface area contributed by atoms with E-state index in [-0.39, 0.29) is 40.4 Å². The molecule has 3 fully saturated rings. The SMILES string of the molecule is CCCC[C@@H](CC(NCCCCCCCCCCN1CCN(CCC(CSc2ccccc2)Nc2ccc(S(=O)(=O)NC(=O)c3ccc(N4CCN(CC5=C(c6ccc(Cl)cc6)CCC(C)(C)C5)CC4)cc3)cc2S(=O)(=O)C(F)(F)F)CC1)C(C)(C)C)N1C[C@H](O)C[C@H]1C(=O)NCc1ccc(-c2scnc2C)cc1. The third-order valence-corrected chi connectivity index (χ3v) is 27.6. The standard InChI is InChI=1S/C84H116ClF3N10O7S4/c1-8-9-21-70(98-58-71(99)53-76(98)81(101)90-56-62-24-26-64(27-25-62)79-61(2)91-60-107-79)52-78(82(3,4)5)89-41-19-14-12-10-11-13-15-20-42-94-44-46-95(47-45-94)43-39-68(59-106-72-22-17-16-18-23-72)92-75-37-36-73(54-77(75)108(102,103)84(86,87)88)109(104,105)93-80(100)65-30-34-69(35-31-65)97-50-48-96(49-51-97)57-66-55-83(6,7)40-38-74(66)63-28-32-67(85)33-29-63/h16-18,22-37,54,60,68,70-71,76,78,89,92,99H,8-15,19-21,38-53,55-59H2,1-7H3,(H,90,101)(H,93,100)/t68?,70-,71+,76-,78?/m0/s1. The number of carbonyl (C=O) groups excluding carboxylic acids is 2. The number of hydrogen-bond acceptors (Lipinski definition) is 17. The molecule has 2 amide bonds. The number of aliphatic hydroxyl groups is 1. The topological polar surface area (TPSA) is 200 Å². The van der Waals surface area contributed by atoms with Crippen LogP contribution in [0.25, 0.3) is 16.0 Å². The summed E-state index contributed by atoms with van der Waals surface area (Å²) in [5.41, 5.74) is 3.98. The van der Waals surface area contributed by atoms with E-state index in [0.717, 1.165) is 187 Å². The van der Waals surface area contributed by atoms with E-state index in [9.17, 15) is 44.7 Å². The average Bonchev–Trinajstić information content (AvgIpc) is 1.36. The lowest BCUT2D eigenvalue weighted by molar-refractivity contribution is -0.126. The number of nitrogens with zero attached hydrogens (tertiary/aromatic N) is 6. The first-order chi connectivity index (χ1) is 52.0. The zero-order valence-electron chi connectivity index (χ0n) is 64.9. The Labute approximate surface area is 660 Å². The summed E-state index contributed by atoms with van der Waals surface area (Å²) in [5.74, 6) is -0.679. The molecule has 4 heterocycles. The van der Waals surface area contributed by atoms with Crippen LogP contribution in [0.5, 0.6) is 0 Å². The number of thioether (sulfide) groups is 1. The number of anilines is 2. The number of aromatic nitrogens is 1. The minimum Gasteiger partial charge on any atom is -0.392 e. The maximum atomic E-state index is 14.6. The van der Waals surface area contributed by atoms with Crippen LogP contribution in [0, 0.1) is 17.8 Å². The van der Waals surface area contributed by atoms with E-state index in [1.807, 2.05) is 59.6 Å². The molecule has 109 heavy (non-hydrogen) atoms. The Morgan fingerprint density at radius 3 is 2.05 bits per heavy atom. The van der Waals surface area contributed by atoms with Crippen LogP contribution in [-0.4, -0.2) is 185 Å². The highest BCUT2D eigenvalue weighted by Gasteiger charge is 2.49. The lowest BCUT2D eigenvalue weighted by Gasteiger charge is -2.39. The molecule has 17 nitrogen and oxygen atoms in total. The minimum absolute atomic E-state index is 0.00329. The maximum absolute atomic E-state index is 14.6. The number of thiazole rings is 1. The number of halogens is 4. The van der Waals surface area contributed by atoms with Crippen molar-refractivity contribution < 1.29 is 44.7 Å². The first-order valence-corrected chi connectivity index (χ1v) is 44.6. The Morgan fingerprint density at radius 2 is 1.40 bits per heavy atom. The summed E-state index contributed by atoms with van der Waals surface area (Å²) in [6.45, 7) is 26.5. The van der Waals surface area contributed by atoms with Gasteiger partial charge in [0.1, 0.15) is 4.90 Å². The number of nitrogens with one attached hydrogen (secondary N) is 4. The summed E-state index contributed by atoms with van der Waals surface area (Å²) in [6.07, 6.45) is 16.8. The Morgan fingerprint density at radius 1 is 0.761 bits per heavy atom. The fourth-order valence-corrected chi connectivity index (χ4v) is 19.7. The molecule has 596 valence electrons. The Kier molecular flexibility index (Phi) is 31.2. The molecule has 1 aromatic heterocycles. The molecule has 4 aliphatic rings. The number of alkyl halides is 3. The molecule has 3 aliphatic heterocycles. The van der Waals surface area contributed by atoms with Crippen molar-refractivity contribution in [3.05, 3.63) is 160 Å². The first kappa shape index (κ1) is 85.5. The van der Waals surface area contributed by atoms with E-state index in [1.165, 1.54) is 66.3 Å². The monoisotopic (exact) mass is 1600 g/mol. The zero-order chi connectivity index (χ0) is 77.9. The molecular weight excluding hydrogens is 1480 g/mol. The number of unbranched alkanes of at least 4 members (excludes halogenated alkanes) is 8. The number of β-amino-alcohol motifs (C(OH)–C–C–N with tert-alkyl or cyclic N) is 1. The van der Waals surface area contributed by atoms with Crippen molar-refractivity contribution in [3.63, 3.8) is 0 Å². The lowest BCUT2D eigenvalue weighted by atomic mass is 9.73. The van der Waals surface area contributed by atoms with Crippen LogP contribution in [0.2, 0.25) is 5.02 Å². The van der Waals surface area contributed by atoms with E-state index in [0.29, 0.717) is 49.3 Å². The fourth-order valence-electron chi connectivity index (χ4n) is 15.7. The molecule has 3 saturated heterocycles. The quantitative estimate of drug-likeness (QED) is 0.0181. The molecule has 25 heteroatoms. The molecule has 0 radical (unpaired) electrons. The molecular formula is C84H116ClF3N10O7S4. The van der Waals surface area contributed by atoms with E-state index in [4.69, 9.17) is 11.6 Å². The predicted octanol–water partition coefficient (Wildman–Crippen LogP) is 16.4. The van der Waals surface area contributed by atoms with Crippen molar-refractivity contribution in [3.8, 4) is 10.4 Å². The van der Waals surface area contributed by atoms with E-state index < -0.39 is 58.9 Å². The van der Waals surface area contributed by atoms with Crippen LogP contribution in [0.3, 0.4) is 0 Å². The number of benzene rings is 5. The van der Waals surface area contributed by atoms with Gasteiger partial charge in [-0.1, -0.05) is 165 Å². The second-order valence-corrected chi connectivity index (χ2v) is 38.2. The second-order valence-electron chi connectivity index (χ2n) is 32.2. The molecule has 2 unspecified atom stereocenters. The number of rotatable bonds is 38. The number of carbonyl (C=O) groups is 2. The lowest BCUT2D eigenvalue weighted by Crippen LogP contribution is -2.51. The van der Waals surface area contributed by atoms with Gasteiger partial charge in [0.05, 0.1) is 38.8 Å². The van der Waals surface area contributed by atoms with Crippen molar-refractivity contribution in [1.82, 2.24) is 39.9 Å². The van der Waals surface area contributed by atoms with Gasteiger partial charge in [-0.05, 0) is 178 Å². The number of hydrogen-bond donors (Lipinski definition) is 5. The van der Waals surface area contributed by atoms with E-state index in [1.54, 1.807) is 23.5 Å². The molecule has 6 aromatic rings. The molecule has 5 atom stereocenters. The van der Waals surface area contributed by atoms with Gasteiger partial charge in [0.2, 0.25) is 5.91 Å². The predicted molar refractivity (Wildman–Crippen MR) is 439 cm³/mol. The molecule has 1 aliphatic carbocycles. The summed E-state index contributed by atoms with van der Waals surface area (Å²) < 4.78 is 101. The average molecular weight is 1600 g/mol. The minimum atomic E-state index is -6.11. The van der Waals surface area contributed by atoms with Gasteiger partial charge in [0, 0.05) is 124 Å². The largest absolute Gasteiger partial charge is 0.501 e. The number of aliphatic hydroxyl groups excluding tert-OH is 1. The highest BCUT2D eigenvalue weighted by atomic mass is 35.5. The molecule has 5 aromatic carbocycles. The van der Waals surface area contributed by atoms with Crippen LogP contribution in [0.1, 0.15) is 178 Å². The maximum Gasteiger partial charge on any atom is 0.501 e. The number of piperazine rings is 2. The van der Waals surface area contributed by atoms with E-state index in [2.05, 4.69) is 123 Å². The normalized spacial score (nSPS) is 18.9. The number of aryl methyl sites for hydroxylation is 1. The van der Waals surface area contributed by atoms with Gasteiger partial charge in [0.15, 0.2) is 0 Å². The molecule has 0 saturated carbocycles. The molecule has 10 rings (SSSR count). The zero-order valence-corrected chi connectivity index (χ0v) is 68.9. The summed E-state index contributed by atoms with van der Waals surface area (Å²) in [6, 6.07) is 34.4. The summed E-state index contributed by atoms with van der Waals surface area (Å²) in [5, 5.41) is 22.0. The van der Waals surface area contributed by atoms with Gasteiger partial charge in [-0.3, -0.25) is 19.4 Å². The van der Waals surface area contributed by atoms with Crippen molar-refractivity contribution in [2.45, 2.75) is 215 Å². The van der Waals surface area contributed by atoms with Gasteiger partial charge < -0.3 is 35.8 Å². The first-order valence-electron chi connectivity index (χ1n) is 39.4. The van der Waals surface area contributed by atoms with Crippen molar-refractivity contribution in [2.75, 3.05) is 101 Å². The van der Waals surface area contributed by atoms with Gasteiger partial charge in [-0.2, -0.15) is 13.2 Å². The van der Waals surface area contributed by atoms with Crippen LogP contribution in [0.15, 0.2) is 147 Å². The highest BCUT2D eigenvalue weighted by molar-refractivity contribution is 7.99. The van der Waals surface area contributed by atoms with Gasteiger partial charge in [-0.25, -0.2) is 26.5 Å². The third-order valence-electron chi connectivity index (χ3n) is 22.3. The van der Waals surface area contributed by atoms with Gasteiger partial charge in [0.25, 0.3) is 25.8 Å². The number of amides is 2. The highest BCUT2D eigenvalue weighted by Crippen LogP contribution is 2.44. The van der Waals surface area contributed by atoms with Crippen molar-refractivity contribution >= 4 is 83.3 Å². The smallest absolute Gasteiger partial charge is 0.392 e. The van der Waals surface area contributed by atoms with Crippen LogP contribution < -0.4 is 25.6 Å². The Balaban J connectivity index is 0.645. The Hall–Kier alpha value is -5.90. The molecule has 0 bridgehead atoms. The summed E-state index contributed by atoms with van der Waals surface area (Å²) in [4.78, 5) is 43.7. The number of sulfone groups is 1. The van der Waals surface area contributed by atoms with Crippen LogP contribution in [0.4, 0.5) is 24.5 Å². The molecule has 0 spiro atoms.